The number of piperidine rings is 1. The largest absolute Gasteiger partial charge is 0.328 e. The zero-order chi connectivity index (χ0) is 24.1. The van der Waals surface area contributed by atoms with E-state index in [1.165, 1.54) is 18.2 Å². The zero-order valence-corrected chi connectivity index (χ0v) is 20.1. The SMILES string of the molecule is CCN1CCC(CN(CCc2c[nH]c(=O)c3ccccc23)C(=O)Nc2ccc(F)c(Cl)c2)CC1. The Balaban J connectivity index is 1.51. The first-order chi connectivity index (χ1) is 16.4. The van der Waals surface area contributed by atoms with Gasteiger partial charge in [-0.25, -0.2) is 9.18 Å². The molecule has 2 heterocycles. The van der Waals surface area contributed by atoms with Crippen LogP contribution in [-0.4, -0.2) is 53.5 Å². The van der Waals surface area contributed by atoms with E-state index in [0.29, 0.717) is 36.5 Å². The van der Waals surface area contributed by atoms with E-state index in [4.69, 9.17) is 11.6 Å². The summed E-state index contributed by atoms with van der Waals surface area (Å²) < 4.78 is 13.5. The minimum atomic E-state index is -0.524. The Hall–Kier alpha value is -2.90. The fraction of sp³-hybridized carbons (Fsp3) is 0.385. The number of likely N-dealkylation sites (tertiary alicyclic amines) is 1. The van der Waals surface area contributed by atoms with E-state index in [-0.39, 0.29) is 16.6 Å². The average Bonchev–Trinajstić information content (AvgIpc) is 2.85. The van der Waals surface area contributed by atoms with E-state index >= 15 is 0 Å². The van der Waals surface area contributed by atoms with Gasteiger partial charge in [0, 0.05) is 30.4 Å². The predicted molar refractivity (Wildman–Crippen MR) is 135 cm³/mol. The van der Waals surface area contributed by atoms with Crippen LogP contribution < -0.4 is 10.9 Å². The van der Waals surface area contributed by atoms with Crippen LogP contribution in [-0.2, 0) is 6.42 Å². The van der Waals surface area contributed by atoms with Crippen LogP contribution in [0.2, 0.25) is 5.02 Å². The quantitative estimate of drug-likeness (QED) is 0.488. The number of anilines is 1. The van der Waals surface area contributed by atoms with Crippen molar-refractivity contribution in [2.75, 3.05) is 38.0 Å². The molecule has 2 N–H and O–H groups in total. The molecule has 1 aliphatic heterocycles. The maximum atomic E-state index is 13.5. The highest BCUT2D eigenvalue weighted by Crippen LogP contribution is 2.22. The van der Waals surface area contributed by atoms with E-state index in [1.807, 2.05) is 29.2 Å². The topological polar surface area (TPSA) is 68.4 Å². The van der Waals surface area contributed by atoms with Crippen LogP contribution in [0.1, 0.15) is 25.3 Å². The van der Waals surface area contributed by atoms with Crippen LogP contribution in [0, 0.1) is 11.7 Å². The van der Waals surface area contributed by atoms with Crippen molar-refractivity contribution in [2.24, 2.45) is 5.92 Å². The summed E-state index contributed by atoms with van der Waals surface area (Å²) in [6, 6.07) is 11.4. The summed E-state index contributed by atoms with van der Waals surface area (Å²) >= 11 is 5.90. The number of carbonyl (C=O) groups excluding carboxylic acids is 1. The normalized spacial score (nSPS) is 14.9. The average molecular weight is 485 g/mol. The van der Waals surface area contributed by atoms with E-state index in [1.54, 1.807) is 6.20 Å². The number of hydrogen-bond donors (Lipinski definition) is 2. The molecule has 6 nitrogen and oxygen atoms in total. The molecule has 0 saturated carbocycles. The van der Waals surface area contributed by atoms with Gasteiger partial charge in [-0.15, -0.1) is 0 Å². The lowest BCUT2D eigenvalue weighted by molar-refractivity contribution is 0.155. The van der Waals surface area contributed by atoms with Gasteiger partial charge < -0.3 is 20.1 Å². The second-order valence-corrected chi connectivity index (χ2v) is 9.23. The van der Waals surface area contributed by atoms with E-state index in [0.717, 1.165) is 43.4 Å². The number of hydrogen-bond acceptors (Lipinski definition) is 3. The number of H-pyrrole nitrogens is 1. The highest BCUT2D eigenvalue weighted by atomic mass is 35.5. The van der Waals surface area contributed by atoms with Gasteiger partial charge in [-0.05, 0) is 80.0 Å². The molecule has 8 heteroatoms. The Morgan fingerprint density at radius 2 is 1.94 bits per heavy atom. The molecule has 34 heavy (non-hydrogen) atoms. The Morgan fingerprint density at radius 3 is 2.65 bits per heavy atom. The molecule has 1 fully saturated rings. The number of urea groups is 1. The van der Waals surface area contributed by atoms with Gasteiger partial charge in [-0.3, -0.25) is 4.79 Å². The molecule has 2 aromatic carbocycles. The van der Waals surface area contributed by atoms with Crippen molar-refractivity contribution in [3.63, 3.8) is 0 Å². The number of fused-ring (bicyclic) bond motifs is 1. The minimum Gasteiger partial charge on any atom is -0.328 e. The second-order valence-electron chi connectivity index (χ2n) is 8.82. The predicted octanol–water partition coefficient (Wildman–Crippen LogP) is 5.13. The summed E-state index contributed by atoms with van der Waals surface area (Å²) in [6.07, 6.45) is 4.42. The third-order valence-corrected chi connectivity index (χ3v) is 6.93. The van der Waals surface area contributed by atoms with Crippen molar-refractivity contribution < 1.29 is 9.18 Å². The molecule has 0 spiro atoms. The Kier molecular flexibility index (Phi) is 7.85. The fourth-order valence-electron chi connectivity index (χ4n) is 4.58. The molecule has 1 saturated heterocycles. The molecular weight excluding hydrogens is 455 g/mol. The Labute approximate surface area is 203 Å². The molecule has 1 aliphatic rings. The first kappa shape index (κ1) is 24.2. The van der Waals surface area contributed by atoms with Gasteiger partial charge in [0.1, 0.15) is 5.82 Å². The highest BCUT2D eigenvalue weighted by molar-refractivity contribution is 6.31. The first-order valence-corrected chi connectivity index (χ1v) is 12.1. The van der Waals surface area contributed by atoms with Crippen molar-refractivity contribution in [3.05, 3.63) is 75.4 Å². The van der Waals surface area contributed by atoms with Crippen molar-refractivity contribution in [3.8, 4) is 0 Å². The lowest BCUT2D eigenvalue weighted by Gasteiger charge is -2.34. The van der Waals surface area contributed by atoms with Gasteiger partial charge in [0.05, 0.1) is 5.02 Å². The maximum absolute atomic E-state index is 13.5. The van der Waals surface area contributed by atoms with Crippen molar-refractivity contribution in [2.45, 2.75) is 26.2 Å². The van der Waals surface area contributed by atoms with E-state index in [9.17, 15) is 14.0 Å². The van der Waals surface area contributed by atoms with Crippen LogP contribution in [0.25, 0.3) is 10.8 Å². The smallest absolute Gasteiger partial charge is 0.321 e. The first-order valence-electron chi connectivity index (χ1n) is 11.8. The second kappa shape index (κ2) is 11.0. The van der Waals surface area contributed by atoms with Crippen LogP contribution in [0.4, 0.5) is 14.9 Å². The van der Waals surface area contributed by atoms with E-state index in [2.05, 4.69) is 22.1 Å². The molecule has 0 aliphatic carbocycles. The third-order valence-electron chi connectivity index (χ3n) is 6.64. The van der Waals surface area contributed by atoms with Gasteiger partial charge in [-0.1, -0.05) is 36.7 Å². The zero-order valence-electron chi connectivity index (χ0n) is 19.3. The summed E-state index contributed by atoms with van der Waals surface area (Å²) in [5, 5.41) is 4.38. The molecule has 3 aromatic rings. The summed E-state index contributed by atoms with van der Waals surface area (Å²) in [7, 11) is 0. The number of aromatic nitrogens is 1. The molecule has 2 amide bonds. The molecule has 4 rings (SSSR count). The lowest BCUT2D eigenvalue weighted by Crippen LogP contribution is -2.43. The number of nitrogens with zero attached hydrogens (tertiary/aromatic N) is 2. The van der Waals surface area contributed by atoms with Gasteiger partial charge in [0.25, 0.3) is 5.56 Å². The summed E-state index contributed by atoms with van der Waals surface area (Å²) in [6.45, 7) is 6.41. The van der Waals surface area contributed by atoms with Gasteiger partial charge >= 0.3 is 6.03 Å². The highest BCUT2D eigenvalue weighted by Gasteiger charge is 2.24. The van der Waals surface area contributed by atoms with Crippen LogP contribution in [0.3, 0.4) is 0 Å². The number of aromatic amines is 1. The molecule has 1 aromatic heterocycles. The minimum absolute atomic E-state index is 0.0315. The number of benzene rings is 2. The molecule has 0 atom stereocenters. The number of pyridine rings is 1. The summed E-state index contributed by atoms with van der Waals surface area (Å²) in [5.41, 5.74) is 1.32. The number of nitrogens with one attached hydrogen (secondary N) is 2. The monoisotopic (exact) mass is 484 g/mol. The fourth-order valence-corrected chi connectivity index (χ4v) is 4.76. The molecule has 180 valence electrons. The van der Waals surface area contributed by atoms with Crippen LogP contribution in [0.15, 0.2) is 53.5 Å². The summed E-state index contributed by atoms with van der Waals surface area (Å²) in [5.74, 6) is -0.109. The maximum Gasteiger partial charge on any atom is 0.321 e. The van der Waals surface area contributed by atoms with E-state index < -0.39 is 5.82 Å². The Morgan fingerprint density at radius 1 is 1.21 bits per heavy atom. The van der Waals surface area contributed by atoms with Gasteiger partial charge in [-0.2, -0.15) is 0 Å². The molecule has 0 bridgehead atoms. The summed E-state index contributed by atoms with van der Waals surface area (Å²) in [4.78, 5) is 32.5. The standard InChI is InChI=1S/C26H30ClFN4O2/c1-2-31-12-9-18(10-13-31)17-32(26(34)30-20-7-8-24(28)23(27)15-20)14-11-19-16-29-25(33)22-6-4-3-5-21(19)22/h3-8,15-16,18H,2,9-14,17H2,1H3,(H,29,33)(H,30,34). The number of carbonyl (C=O) groups is 1. The Bertz CT molecular complexity index is 1210. The molecule has 0 unspecified atom stereocenters. The lowest BCUT2D eigenvalue weighted by atomic mass is 9.96. The number of halogens is 2. The van der Waals surface area contributed by atoms with Gasteiger partial charge in [0.2, 0.25) is 0 Å². The van der Waals surface area contributed by atoms with Gasteiger partial charge in [0.15, 0.2) is 0 Å². The molecule has 0 radical (unpaired) electrons. The molecular formula is C26H30ClFN4O2. The number of rotatable bonds is 7. The van der Waals surface area contributed by atoms with Crippen LogP contribution >= 0.6 is 11.6 Å². The van der Waals surface area contributed by atoms with Crippen molar-refractivity contribution >= 4 is 34.1 Å². The van der Waals surface area contributed by atoms with Crippen LogP contribution in [0.5, 0.6) is 0 Å². The van der Waals surface area contributed by atoms with Crippen molar-refractivity contribution in [1.82, 2.24) is 14.8 Å². The van der Waals surface area contributed by atoms with Crippen molar-refractivity contribution in [1.29, 1.82) is 0 Å². The third kappa shape index (κ3) is 5.77. The number of amides is 2.